The van der Waals surface area contributed by atoms with Crippen molar-refractivity contribution < 1.29 is 14.2 Å². The number of fused-ring (bicyclic) bond motifs is 1. The number of aromatic nitrogens is 2. The van der Waals surface area contributed by atoms with Crippen LogP contribution in [0.15, 0.2) is 12.4 Å². The van der Waals surface area contributed by atoms with Crippen LogP contribution in [0, 0.1) is 5.92 Å². The lowest BCUT2D eigenvalue weighted by Crippen LogP contribution is -2.33. The van der Waals surface area contributed by atoms with Crippen LogP contribution in [0.2, 0.25) is 0 Å². The van der Waals surface area contributed by atoms with E-state index in [0.29, 0.717) is 23.2 Å². The van der Waals surface area contributed by atoms with Gasteiger partial charge in [-0.25, -0.2) is 9.97 Å². The Hall–Kier alpha value is -2.28. The van der Waals surface area contributed by atoms with Gasteiger partial charge in [-0.05, 0) is 37.9 Å². The van der Waals surface area contributed by atoms with Crippen LogP contribution < -0.4 is 19.1 Å². The molecule has 0 amide bonds. The van der Waals surface area contributed by atoms with E-state index in [4.69, 9.17) is 14.2 Å². The standard InChI is InChI=1S/C20H30N4O3/c1-14(12-24-8-6-7-9-24)11-23(2)20-15-10-16(25-3)18(26-4)19(27-5)17(15)21-13-22-20/h10,13-14H,6-9,11-12H2,1-5H3. The molecular formula is C20H30N4O3. The summed E-state index contributed by atoms with van der Waals surface area (Å²) in [7, 11) is 6.90. The zero-order valence-corrected chi connectivity index (χ0v) is 17.0. The minimum atomic E-state index is 0.542. The third-order valence-electron chi connectivity index (χ3n) is 5.13. The highest BCUT2D eigenvalue weighted by Crippen LogP contribution is 2.44. The first-order chi connectivity index (χ1) is 13.1. The van der Waals surface area contributed by atoms with Gasteiger partial charge in [-0.2, -0.15) is 0 Å². The van der Waals surface area contributed by atoms with Gasteiger partial charge >= 0.3 is 0 Å². The summed E-state index contributed by atoms with van der Waals surface area (Å²) >= 11 is 0. The van der Waals surface area contributed by atoms with E-state index in [0.717, 1.165) is 29.8 Å². The monoisotopic (exact) mass is 374 g/mol. The SMILES string of the molecule is COc1cc2c(N(C)CC(C)CN3CCCC3)ncnc2c(OC)c1OC. The van der Waals surface area contributed by atoms with Gasteiger partial charge in [-0.15, -0.1) is 0 Å². The number of benzene rings is 1. The van der Waals surface area contributed by atoms with Gasteiger partial charge in [0, 0.05) is 20.1 Å². The first-order valence-corrected chi connectivity index (χ1v) is 9.46. The first-order valence-electron chi connectivity index (χ1n) is 9.46. The quantitative estimate of drug-likeness (QED) is 0.704. The van der Waals surface area contributed by atoms with E-state index in [1.165, 1.54) is 25.9 Å². The Morgan fingerprint density at radius 2 is 1.78 bits per heavy atom. The fourth-order valence-electron chi connectivity index (χ4n) is 3.97. The van der Waals surface area contributed by atoms with Crippen molar-refractivity contribution in [3.05, 3.63) is 12.4 Å². The van der Waals surface area contributed by atoms with E-state index in [-0.39, 0.29) is 0 Å². The van der Waals surface area contributed by atoms with Crippen molar-refractivity contribution in [3.63, 3.8) is 0 Å². The second-order valence-electron chi connectivity index (χ2n) is 7.23. The topological polar surface area (TPSA) is 60.0 Å². The molecule has 148 valence electrons. The molecule has 27 heavy (non-hydrogen) atoms. The lowest BCUT2D eigenvalue weighted by Gasteiger charge is -2.27. The summed E-state index contributed by atoms with van der Waals surface area (Å²) in [5.41, 5.74) is 0.721. The fraction of sp³-hybridized carbons (Fsp3) is 0.600. The molecule has 1 fully saturated rings. The number of likely N-dealkylation sites (tertiary alicyclic amines) is 1. The van der Waals surface area contributed by atoms with Gasteiger partial charge < -0.3 is 24.0 Å². The molecule has 1 unspecified atom stereocenters. The largest absolute Gasteiger partial charge is 0.493 e. The van der Waals surface area contributed by atoms with Crippen molar-refractivity contribution in [2.45, 2.75) is 19.8 Å². The van der Waals surface area contributed by atoms with Gasteiger partial charge in [-0.1, -0.05) is 6.92 Å². The predicted octanol–water partition coefficient (Wildman–Crippen LogP) is 2.82. The lowest BCUT2D eigenvalue weighted by molar-refractivity contribution is 0.290. The summed E-state index contributed by atoms with van der Waals surface area (Å²) < 4.78 is 16.6. The van der Waals surface area contributed by atoms with Gasteiger partial charge in [0.1, 0.15) is 17.7 Å². The molecule has 7 nitrogen and oxygen atoms in total. The number of hydrogen-bond acceptors (Lipinski definition) is 7. The van der Waals surface area contributed by atoms with Crippen molar-refractivity contribution in [1.29, 1.82) is 0 Å². The average Bonchev–Trinajstić information content (AvgIpc) is 3.18. The molecule has 1 aromatic heterocycles. The van der Waals surface area contributed by atoms with Crippen molar-refractivity contribution in [2.75, 3.05) is 59.5 Å². The van der Waals surface area contributed by atoms with E-state index >= 15 is 0 Å². The van der Waals surface area contributed by atoms with Crippen molar-refractivity contribution >= 4 is 16.7 Å². The van der Waals surface area contributed by atoms with Gasteiger partial charge in [0.2, 0.25) is 5.75 Å². The molecule has 1 saturated heterocycles. The summed E-state index contributed by atoms with van der Waals surface area (Å²) in [6, 6.07) is 1.92. The third-order valence-corrected chi connectivity index (χ3v) is 5.13. The zero-order chi connectivity index (χ0) is 19.4. The Balaban J connectivity index is 1.91. The first kappa shape index (κ1) is 19.5. The molecule has 0 N–H and O–H groups in total. The minimum absolute atomic E-state index is 0.542. The molecule has 1 aromatic carbocycles. The maximum atomic E-state index is 5.58. The van der Waals surface area contributed by atoms with Crippen LogP contribution >= 0.6 is 0 Å². The van der Waals surface area contributed by atoms with Crippen molar-refractivity contribution in [1.82, 2.24) is 14.9 Å². The highest BCUT2D eigenvalue weighted by Gasteiger charge is 2.22. The molecule has 1 aliphatic rings. The smallest absolute Gasteiger partial charge is 0.205 e. The number of hydrogen-bond donors (Lipinski definition) is 0. The summed E-state index contributed by atoms with van der Waals surface area (Å²) in [5.74, 6) is 3.13. The maximum Gasteiger partial charge on any atom is 0.205 e. The third kappa shape index (κ3) is 4.03. The van der Waals surface area contributed by atoms with Crippen LogP contribution in [0.1, 0.15) is 19.8 Å². The number of nitrogens with zero attached hydrogens (tertiary/aromatic N) is 4. The molecule has 3 rings (SSSR count). The highest BCUT2D eigenvalue weighted by molar-refractivity contribution is 5.96. The molecule has 1 atom stereocenters. The van der Waals surface area contributed by atoms with Crippen molar-refractivity contribution in [3.8, 4) is 17.2 Å². The van der Waals surface area contributed by atoms with Crippen LogP contribution in [0.5, 0.6) is 17.2 Å². The Morgan fingerprint density at radius 3 is 2.41 bits per heavy atom. The molecule has 2 aromatic rings. The molecule has 0 saturated carbocycles. The van der Waals surface area contributed by atoms with E-state index < -0.39 is 0 Å². The summed E-state index contributed by atoms with van der Waals surface area (Å²) in [6.07, 6.45) is 4.22. The fourth-order valence-corrected chi connectivity index (χ4v) is 3.97. The van der Waals surface area contributed by atoms with E-state index in [2.05, 4.69) is 33.7 Å². The summed E-state index contributed by atoms with van der Waals surface area (Å²) in [5, 5.41) is 0.892. The van der Waals surface area contributed by atoms with Gasteiger partial charge in [-0.3, -0.25) is 0 Å². The summed E-state index contributed by atoms with van der Waals surface area (Å²) in [4.78, 5) is 13.7. The maximum absolute atomic E-state index is 5.58. The molecular weight excluding hydrogens is 344 g/mol. The molecule has 0 aliphatic carbocycles. The molecule has 0 spiro atoms. The Kier molecular flexibility index (Phi) is 6.21. The molecule has 1 aliphatic heterocycles. The number of ether oxygens (including phenoxy) is 3. The minimum Gasteiger partial charge on any atom is -0.493 e. The van der Waals surface area contributed by atoms with Crippen LogP contribution in [-0.4, -0.2) is 69.4 Å². The summed E-state index contributed by atoms with van der Waals surface area (Å²) in [6.45, 7) is 6.77. The number of rotatable bonds is 8. The second kappa shape index (κ2) is 8.61. The van der Waals surface area contributed by atoms with E-state index in [1.807, 2.05) is 6.07 Å². The molecule has 2 heterocycles. The molecule has 0 radical (unpaired) electrons. The molecule has 0 bridgehead atoms. The van der Waals surface area contributed by atoms with Crippen LogP contribution in [0.4, 0.5) is 5.82 Å². The van der Waals surface area contributed by atoms with E-state index in [1.54, 1.807) is 27.7 Å². The lowest BCUT2D eigenvalue weighted by atomic mass is 10.1. The normalized spacial score (nSPS) is 15.7. The molecule has 7 heteroatoms. The number of methoxy groups -OCH3 is 3. The Morgan fingerprint density at radius 1 is 1.07 bits per heavy atom. The van der Waals surface area contributed by atoms with Crippen LogP contribution in [0.25, 0.3) is 10.9 Å². The van der Waals surface area contributed by atoms with E-state index in [9.17, 15) is 0 Å². The van der Waals surface area contributed by atoms with Gasteiger partial charge in [0.15, 0.2) is 11.5 Å². The van der Waals surface area contributed by atoms with Crippen LogP contribution in [0.3, 0.4) is 0 Å². The van der Waals surface area contributed by atoms with Gasteiger partial charge in [0.25, 0.3) is 0 Å². The zero-order valence-electron chi connectivity index (χ0n) is 17.0. The number of anilines is 1. The Labute approximate surface area is 161 Å². The van der Waals surface area contributed by atoms with Crippen LogP contribution in [-0.2, 0) is 0 Å². The average molecular weight is 374 g/mol. The second-order valence-corrected chi connectivity index (χ2v) is 7.23. The van der Waals surface area contributed by atoms with Crippen molar-refractivity contribution in [2.24, 2.45) is 5.92 Å². The highest BCUT2D eigenvalue weighted by atomic mass is 16.5. The Bertz CT molecular complexity index is 777. The predicted molar refractivity (Wildman–Crippen MR) is 107 cm³/mol. The van der Waals surface area contributed by atoms with Gasteiger partial charge in [0.05, 0.1) is 26.7 Å².